The number of hydrogen-bond donors (Lipinski definition) is 1. The van der Waals surface area contributed by atoms with Crippen LogP contribution in [-0.4, -0.2) is 15.8 Å². The van der Waals surface area contributed by atoms with Crippen LogP contribution in [0.3, 0.4) is 0 Å². The lowest BCUT2D eigenvalue weighted by Gasteiger charge is -2.05. The van der Waals surface area contributed by atoms with Crippen LogP contribution in [-0.2, 0) is 13.1 Å². The fourth-order valence-corrected chi connectivity index (χ4v) is 2.57. The zero-order valence-electron chi connectivity index (χ0n) is 11.4. The summed E-state index contributed by atoms with van der Waals surface area (Å²) in [5.41, 5.74) is 3.14. The van der Waals surface area contributed by atoms with E-state index in [-0.39, 0.29) is 5.82 Å². The van der Waals surface area contributed by atoms with E-state index < -0.39 is 0 Å². The van der Waals surface area contributed by atoms with Gasteiger partial charge in [-0.3, -0.25) is 4.68 Å². The van der Waals surface area contributed by atoms with E-state index in [1.807, 2.05) is 17.8 Å². The van der Waals surface area contributed by atoms with Crippen LogP contribution < -0.4 is 5.32 Å². The molecule has 0 aliphatic heterocycles. The number of nitrogens with one attached hydrogen (secondary N) is 1. The second-order valence-corrected chi connectivity index (χ2v) is 6.18. The minimum Gasteiger partial charge on any atom is -0.310 e. The van der Waals surface area contributed by atoms with Crippen molar-refractivity contribution in [3.05, 3.63) is 51.5 Å². The molecule has 2 aromatic rings. The number of aromatic nitrogens is 2. The summed E-state index contributed by atoms with van der Waals surface area (Å²) < 4.78 is 16.1. The third-order valence-corrected chi connectivity index (χ3v) is 4.32. The summed E-state index contributed by atoms with van der Waals surface area (Å²) in [5, 5.41) is 8.00. The largest absolute Gasteiger partial charge is 0.310 e. The van der Waals surface area contributed by atoms with Gasteiger partial charge in [0.1, 0.15) is 5.82 Å². The van der Waals surface area contributed by atoms with Crippen molar-refractivity contribution in [1.29, 1.82) is 0 Å². The van der Waals surface area contributed by atoms with Gasteiger partial charge in [-0.2, -0.15) is 5.10 Å². The summed E-state index contributed by atoms with van der Waals surface area (Å²) in [4.78, 5) is 0. The van der Waals surface area contributed by atoms with Gasteiger partial charge in [-0.25, -0.2) is 4.39 Å². The van der Waals surface area contributed by atoms with Gasteiger partial charge in [-0.1, -0.05) is 15.9 Å². The molecule has 0 radical (unpaired) electrons. The summed E-state index contributed by atoms with van der Waals surface area (Å²) in [6.45, 7) is 3.45. The van der Waals surface area contributed by atoms with Gasteiger partial charge in [-0.05, 0) is 43.5 Å². The Morgan fingerprint density at radius 1 is 1.40 bits per heavy atom. The molecule has 1 aliphatic rings. The zero-order chi connectivity index (χ0) is 14.1. The molecule has 1 aromatic carbocycles. The zero-order valence-corrected chi connectivity index (χ0v) is 13.0. The van der Waals surface area contributed by atoms with Crippen LogP contribution in [0.1, 0.15) is 29.7 Å². The first-order chi connectivity index (χ1) is 9.61. The Bertz CT molecular complexity index is 620. The number of nitrogens with zero attached hydrogens (tertiary/aromatic N) is 2. The van der Waals surface area contributed by atoms with Crippen LogP contribution in [0.15, 0.2) is 28.9 Å². The van der Waals surface area contributed by atoms with Gasteiger partial charge in [0.05, 0.1) is 12.2 Å². The van der Waals surface area contributed by atoms with Crippen LogP contribution in [0.4, 0.5) is 4.39 Å². The van der Waals surface area contributed by atoms with Crippen molar-refractivity contribution < 1.29 is 4.39 Å². The summed E-state index contributed by atoms with van der Waals surface area (Å²) in [6.07, 6.45) is 4.61. The van der Waals surface area contributed by atoms with Crippen molar-refractivity contribution >= 4 is 15.9 Å². The molecular formula is C15H17BrFN3. The highest BCUT2D eigenvalue weighted by Gasteiger charge is 2.20. The molecule has 106 valence electrons. The van der Waals surface area contributed by atoms with E-state index in [9.17, 15) is 4.39 Å². The Kier molecular flexibility index (Phi) is 3.89. The quantitative estimate of drug-likeness (QED) is 0.906. The monoisotopic (exact) mass is 337 g/mol. The normalized spacial score (nSPS) is 14.8. The standard InChI is InChI=1S/C15H17BrFN3/c1-10-12(7-18-14-3-4-14)9-20(19-10)8-11-6-13(17)2-5-15(11)16/h2,5-6,9,14,18H,3-4,7-8H2,1H3. The fraction of sp³-hybridized carbons (Fsp3) is 0.400. The van der Waals surface area contributed by atoms with Gasteiger partial charge in [0.2, 0.25) is 0 Å². The third kappa shape index (κ3) is 3.27. The predicted octanol–water partition coefficient (Wildman–Crippen LogP) is 3.39. The molecule has 5 heteroatoms. The van der Waals surface area contributed by atoms with E-state index in [2.05, 4.69) is 26.3 Å². The van der Waals surface area contributed by atoms with Gasteiger partial charge in [0.15, 0.2) is 0 Å². The number of hydrogen-bond acceptors (Lipinski definition) is 2. The molecule has 0 saturated heterocycles. The molecule has 1 heterocycles. The van der Waals surface area contributed by atoms with Gasteiger partial charge >= 0.3 is 0 Å². The minimum absolute atomic E-state index is 0.220. The Hall–Kier alpha value is -1.20. The molecule has 0 unspecified atom stereocenters. The predicted molar refractivity (Wildman–Crippen MR) is 80.0 cm³/mol. The van der Waals surface area contributed by atoms with E-state index in [0.29, 0.717) is 12.6 Å². The van der Waals surface area contributed by atoms with Crippen molar-refractivity contribution in [2.45, 2.75) is 38.9 Å². The van der Waals surface area contributed by atoms with E-state index in [0.717, 1.165) is 22.3 Å². The Morgan fingerprint density at radius 2 is 2.20 bits per heavy atom. The fourth-order valence-electron chi connectivity index (χ4n) is 2.19. The van der Waals surface area contributed by atoms with Gasteiger partial charge in [-0.15, -0.1) is 0 Å². The van der Waals surface area contributed by atoms with Crippen molar-refractivity contribution in [2.75, 3.05) is 0 Å². The van der Waals surface area contributed by atoms with E-state index in [1.54, 1.807) is 12.1 Å². The maximum atomic E-state index is 13.3. The Balaban J connectivity index is 1.73. The summed E-state index contributed by atoms with van der Waals surface area (Å²) >= 11 is 3.45. The van der Waals surface area contributed by atoms with Crippen LogP contribution in [0.2, 0.25) is 0 Å². The number of aryl methyl sites for hydroxylation is 1. The second-order valence-electron chi connectivity index (χ2n) is 5.33. The number of rotatable bonds is 5. The molecule has 3 rings (SSSR count). The SMILES string of the molecule is Cc1nn(Cc2cc(F)ccc2Br)cc1CNC1CC1. The Morgan fingerprint density at radius 3 is 2.95 bits per heavy atom. The molecule has 0 bridgehead atoms. The number of benzene rings is 1. The van der Waals surface area contributed by atoms with Gasteiger partial charge < -0.3 is 5.32 Å². The molecule has 0 amide bonds. The van der Waals surface area contributed by atoms with Gasteiger partial charge in [0.25, 0.3) is 0 Å². The lowest BCUT2D eigenvalue weighted by atomic mass is 10.2. The van der Waals surface area contributed by atoms with Crippen molar-refractivity contribution in [3.8, 4) is 0 Å². The summed E-state index contributed by atoms with van der Waals surface area (Å²) in [5.74, 6) is -0.220. The molecule has 1 saturated carbocycles. The molecule has 1 aromatic heterocycles. The molecule has 20 heavy (non-hydrogen) atoms. The molecule has 1 N–H and O–H groups in total. The molecule has 0 atom stereocenters. The highest BCUT2D eigenvalue weighted by Crippen LogP contribution is 2.21. The lowest BCUT2D eigenvalue weighted by molar-refractivity contribution is 0.617. The van der Waals surface area contributed by atoms with Crippen LogP contribution >= 0.6 is 15.9 Å². The molecule has 3 nitrogen and oxygen atoms in total. The topological polar surface area (TPSA) is 29.9 Å². The van der Waals surface area contributed by atoms with Crippen LogP contribution in [0, 0.1) is 12.7 Å². The molecule has 0 spiro atoms. The van der Waals surface area contributed by atoms with E-state index >= 15 is 0 Å². The smallest absolute Gasteiger partial charge is 0.123 e. The van der Waals surface area contributed by atoms with E-state index in [1.165, 1.54) is 24.5 Å². The summed E-state index contributed by atoms with van der Waals surface area (Å²) in [6, 6.07) is 5.42. The molecular weight excluding hydrogens is 321 g/mol. The molecule has 1 fully saturated rings. The first-order valence-corrected chi connectivity index (χ1v) is 7.61. The maximum Gasteiger partial charge on any atom is 0.123 e. The minimum atomic E-state index is -0.220. The maximum absolute atomic E-state index is 13.3. The highest BCUT2D eigenvalue weighted by molar-refractivity contribution is 9.10. The van der Waals surface area contributed by atoms with E-state index in [4.69, 9.17) is 0 Å². The average Bonchev–Trinajstić information content (AvgIpc) is 3.16. The van der Waals surface area contributed by atoms with Crippen molar-refractivity contribution in [3.63, 3.8) is 0 Å². The average molecular weight is 338 g/mol. The number of halogens is 2. The second kappa shape index (κ2) is 5.66. The third-order valence-electron chi connectivity index (χ3n) is 3.55. The molecule has 1 aliphatic carbocycles. The highest BCUT2D eigenvalue weighted by atomic mass is 79.9. The van der Waals surface area contributed by atoms with Crippen molar-refractivity contribution in [1.82, 2.24) is 15.1 Å². The first kappa shape index (κ1) is 13.8. The van der Waals surface area contributed by atoms with Crippen LogP contribution in [0.25, 0.3) is 0 Å². The Labute approximate surface area is 126 Å². The first-order valence-electron chi connectivity index (χ1n) is 6.82. The van der Waals surface area contributed by atoms with Gasteiger partial charge in [0, 0.05) is 28.8 Å². The summed E-state index contributed by atoms with van der Waals surface area (Å²) in [7, 11) is 0. The lowest BCUT2D eigenvalue weighted by Crippen LogP contribution is -2.15. The van der Waals surface area contributed by atoms with Crippen molar-refractivity contribution in [2.24, 2.45) is 0 Å². The van der Waals surface area contributed by atoms with Crippen LogP contribution in [0.5, 0.6) is 0 Å².